The molecule has 2 heterocycles. The van der Waals surface area contributed by atoms with Crippen LogP contribution in [-0.4, -0.2) is 39.9 Å². The van der Waals surface area contributed by atoms with Crippen molar-refractivity contribution in [2.75, 3.05) is 19.5 Å². The average Bonchev–Trinajstić information content (AvgIpc) is 3.30. The van der Waals surface area contributed by atoms with Gasteiger partial charge in [0.05, 0.1) is 25.5 Å². The highest BCUT2D eigenvalue weighted by molar-refractivity contribution is 7.19. The molecule has 0 aliphatic heterocycles. The fourth-order valence-electron chi connectivity index (χ4n) is 2.91. The van der Waals surface area contributed by atoms with Gasteiger partial charge in [-0.05, 0) is 36.8 Å². The van der Waals surface area contributed by atoms with Crippen LogP contribution >= 0.6 is 11.3 Å². The lowest BCUT2D eigenvalue weighted by molar-refractivity contribution is 0.102. The van der Waals surface area contributed by atoms with Crippen molar-refractivity contribution in [2.45, 2.75) is 6.92 Å². The number of carbonyl (C=O) groups excluding carboxylic acids is 1. The maximum absolute atomic E-state index is 12.9. The molecule has 0 bridgehead atoms. The predicted octanol–water partition coefficient (Wildman–Crippen LogP) is 3.43. The molecule has 2 aromatic heterocycles. The zero-order chi connectivity index (χ0) is 19.7. The van der Waals surface area contributed by atoms with Crippen molar-refractivity contribution in [2.24, 2.45) is 0 Å². The van der Waals surface area contributed by atoms with Gasteiger partial charge in [-0.15, -0.1) is 10.2 Å². The lowest BCUT2D eigenvalue weighted by atomic mass is 10.1. The normalized spacial score (nSPS) is 10.8. The van der Waals surface area contributed by atoms with Gasteiger partial charge in [0.15, 0.2) is 0 Å². The number of nitrogens with one attached hydrogen (secondary N) is 1. The van der Waals surface area contributed by atoms with E-state index in [4.69, 9.17) is 9.47 Å². The van der Waals surface area contributed by atoms with Gasteiger partial charge in [-0.1, -0.05) is 23.5 Å². The van der Waals surface area contributed by atoms with Crippen LogP contribution in [0.3, 0.4) is 0 Å². The number of anilines is 1. The van der Waals surface area contributed by atoms with E-state index in [9.17, 15) is 4.79 Å². The van der Waals surface area contributed by atoms with Crippen LogP contribution in [0.4, 0.5) is 5.69 Å². The molecule has 0 aliphatic rings. The van der Waals surface area contributed by atoms with E-state index in [0.717, 1.165) is 16.1 Å². The molecule has 0 aliphatic carbocycles. The Kier molecular flexibility index (Phi) is 4.66. The second-order valence-electron chi connectivity index (χ2n) is 5.99. The van der Waals surface area contributed by atoms with Crippen LogP contribution < -0.4 is 14.8 Å². The molecule has 0 atom stereocenters. The van der Waals surface area contributed by atoms with Crippen molar-refractivity contribution in [3.05, 3.63) is 53.9 Å². The topological polar surface area (TPSA) is 90.6 Å². The number of hydrogen-bond acceptors (Lipinski definition) is 7. The van der Waals surface area contributed by atoms with Crippen molar-refractivity contribution in [3.63, 3.8) is 0 Å². The second-order valence-corrected chi connectivity index (χ2v) is 6.95. The summed E-state index contributed by atoms with van der Waals surface area (Å²) in [6.07, 6.45) is 1.55. The van der Waals surface area contributed by atoms with Gasteiger partial charge in [0, 0.05) is 5.56 Å². The van der Waals surface area contributed by atoms with Gasteiger partial charge < -0.3 is 14.8 Å². The molecule has 2 aromatic carbocycles. The molecule has 0 saturated heterocycles. The van der Waals surface area contributed by atoms with E-state index in [0.29, 0.717) is 27.7 Å². The molecule has 1 N–H and O–H groups in total. The van der Waals surface area contributed by atoms with E-state index >= 15 is 0 Å². The van der Waals surface area contributed by atoms with Crippen LogP contribution in [0, 0.1) is 6.92 Å². The first-order valence-electron chi connectivity index (χ1n) is 8.41. The number of amides is 1. The highest BCUT2D eigenvalue weighted by Gasteiger charge is 2.17. The molecule has 0 spiro atoms. The number of aromatic nitrogens is 4. The van der Waals surface area contributed by atoms with Crippen molar-refractivity contribution in [1.29, 1.82) is 0 Å². The highest BCUT2D eigenvalue weighted by atomic mass is 32.1. The Morgan fingerprint density at radius 2 is 2.04 bits per heavy atom. The third-order valence-corrected chi connectivity index (χ3v) is 5.20. The second kappa shape index (κ2) is 7.28. The lowest BCUT2D eigenvalue weighted by Crippen LogP contribution is -2.14. The summed E-state index contributed by atoms with van der Waals surface area (Å²) >= 11 is 1.41. The fourth-order valence-corrected chi connectivity index (χ4v) is 3.72. The van der Waals surface area contributed by atoms with E-state index < -0.39 is 0 Å². The molecule has 9 heteroatoms. The largest absolute Gasteiger partial charge is 0.496 e. The minimum Gasteiger partial charge on any atom is -0.496 e. The smallest absolute Gasteiger partial charge is 0.259 e. The molecule has 28 heavy (non-hydrogen) atoms. The van der Waals surface area contributed by atoms with Crippen LogP contribution in [0.15, 0.2) is 42.7 Å². The predicted molar refractivity (Wildman–Crippen MR) is 106 cm³/mol. The summed E-state index contributed by atoms with van der Waals surface area (Å²) in [6, 6.07) is 10.9. The number of benzene rings is 2. The van der Waals surface area contributed by atoms with Gasteiger partial charge in [-0.25, -0.2) is 0 Å². The van der Waals surface area contributed by atoms with Crippen LogP contribution in [0.1, 0.15) is 15.9 Å². The molecule has 0 fully saturated rings. The Labute approximate surface area is 164 Å². The molecular formula is C19H17N5O3S. The maximum Gasteiger partial charge on any atom is 0.259 e. The van der Waals surface area contributed by atoms with Crippen LogP contribution in [0.25, 0.3) is 15.5 Å². The SMILES string of the molecule is COc1ccc(-c2nn3cnnc3s2)cc1NC(=O)c1cccc(C)c1OC. The molecule has 0 saturated carbocycles. The number of para-hydroxylation sites is 1. The third-order valence-electron chi connectivity index (χ3n) is 4.24. The molecule has 0 unspecified atom stereocenters. The molecule has 4 rings (SSSR count). The van der Waals surface area contributed by atoms with Crippen LogP contribution in [0.2, 0.25) is 0 Å². The van der Waals surface area contributed by atoms with Crippen molar-refractivity contribution in [1.82, 2.24) is 19.8 Å². The van der Waals surface area contributed by atoms with Gasteiger partial charge >= 0.3 is 0 Å². The Bertz CT molecular complexity index is 1140. The summed E-state index contributed by atoms with van der Waals surface area (Å²) in [6.45, 7) is 1.89. The quantitative estimate of drug-likeness (QED) is 0.557. The summed E-state index contributed by atoms with van der Waals surface area (Å²) in [7, 11) is 3.11. The van der Waals surface area contributed by atoms with E-state index in [1.54, 1.807) is 37.2 Å². The maximum atomic E-state index is 12.9. The first kappa shape index (κ1) is 17.9. The number of carbonyl (C=O) groups is 1. The molecular weight excluding hydrogens is 378 g/mol. The Morgan fingerprint density at radius 3 is 2.79 bits per heavy atom. The zero-order valence-corrected chi connectivity index (χ0v) is 16.3. The Balaban J connectivity index is 1.69. The highest BCUT2D eigenvalue weighted by Crippen LogP contribution is 2.33. The van der Waals surface area contributed by atoms with Gasteiger partial charge in [-0.3, -0.25) is 4.79 Å². The third kappa shape index (κ3) is 3.16. The summed E-state index contributed by atoms with van der Waals surface area (Å²) < 4.78 is 12.4. The standard InChI is InChI=1S/C19H17N5O3S/c1-11-5-4-6-13(16(11)27-3)17(25)21-14-9-12(7-8-15(14)26-2)18-23-24-10-20-22-19(24)28-18/h4-10H,1-3H3,(H,21,25). The summed E-state index contributed by atoms with van der Waals surface area (Å²) in [5.41, 5.74) is 2.71. The minimum atomic E-state index is -0.283. The van der Waals surface area contributed by atoms with Crippen LogP contribution in [0.5, 0.6) is 11.5 Å². The zero-order valence-electron chi connectivity index (χ0n) is 15.5. The number of methoxy groups -OCH3 is 2. The van der Waals surface area contributed by atoms with Crippen molar-refractivity contribution >= 4 is 27.9 Å². The molecule has 0 radical (unpaired) electrons. The monoisotopic (exact) mass is 395 g/mol. The summed E-state index contributed by atoms with van der Waals surface area (Å²) in [5.74, 6) is 0.810. The first-order valence-corrected chi connectivity index (χ1v) is 9.22. The molecule has 1 amide bonds. The average molecular weight is 395 g/mol. The summed E-state index contributed by atoms with van der Waals surface area (Å²) in [5, 5.41) is 15.9. The number of fused-ring (bicyclic) bond motifs is 1. The number of nitrogens with zero attached hydrogens (tertiary/aromatic N) is 4. The van der Waals surface area contributed by atoms with Gasteiger partial charge in [-0.2, -0.15) is 9.61 Å². The number of ether oxygens (including phenoxy) is 2. The number of hydrogen-bond donors (Lipinski definition) is 1. The molecule has 8 nitrogen and oxygen atoms in total. The Hall–Kier alpha value is -3.46. The number of aryl methyl sites for hydroxylation is 1. The van der Waals surface area contributed by atoms with E-state index in [2.05, 4.69) is 20.6 Å². The van der Waals surface area contributed by atoms with E-state index in [1.165, 1.54) is 11.3 Å². The number of rotatable bonds is 5. The lowest BCUT2D eigenvalue weighted by Gasteiger charge is -2.14. The minimum absolute atomic E-state index is 0.283. The summed E-state index contributed by atoms with van der Waals surface area (Å²) in [4.78, 5) is 13.6. The van der Waals surface area contributed by atoms with E-state index in [-0.39, 0.29) is 5.91 Å². The molecule has 142 valence electrons. The Morgan fingerprint density at radius 1 is 1.18 bits per heavy atom. The van der Waals surface area contributed by atoms with Crippen molar-refractivity contribution in [3.8, 4) is 22.1 Å². The van der Waals surface area contributed by atoms with E-state index in [1.807, 2.05) is 31.2 Å². The van der Waals surface area contributed by atoms with Gasteiger partial charge in [0.25, 0.3) is 5.91 Å². The fraction of sp³-hybridized carbons (Fsp3) is 0.158. The van der Waals surface area contributed by atoms with Gasteiger partial charge in [0.2, 0.25) is 4.96 Å². The van der Waals surface area contributed by atoms with Gasteiger partial charge in [0.1, 0.15) is 22.8 Å². The molecule has 4 aromatic rings. The van der Waals surface area contributed by atoms with Crippen molar-refractivity contribution < 1.29 is 14.3 Å². The van der Waals surface area contributed by atoms with Crippen LogP contribution in [-0.2, 0) is 0 Å². The first-order chi connectivity index (χ1) is 13.6.